The van der Waals surface area contributed by atoms with Gasteiger partial charge in [0.15, 0.2) is 0 Å². The first-order chi connectivity index (χ1) is 9.36. The minimum absolute atomic E-state index is 0.364. The smallest absolute Gasteiger partial charge is 0.110 e. The molecule has 1 aromatic carbocycles. The van der Waals surface area contributed by atoms with Gasteiger partial charge in [-0.1, -0.05) is 37.3 Å². The van der Waals surface area contributed by atoms with Crippen LogP contribution in [0.25, 0.3) is 0 Å². The number of rotatable bonds is 5. The number of likely N-dealkylation sites (N-methyl/N-ethyl adjacent to an activating group) is 1. The Bertz CT molecular complexity index is 511. The lowest BCUT2D eigenvalue weighted by Crippen LogP contribution is -2.22. The zero-order valence-corrected chi connectivity index (χ0v) is 12.2. The molecule has 1 aliphatic rings. The fourth-order valence-corrected chi connectivity index (χ4v) is 3.93. The zero-order valence-electron chi connectivity index (χ0n) is 11.4. The van der Waals surface area contributed by atoms with Crippen molar-refractivity contribution in [3.8, 4) is 0 Å². The molecule has 1 unspecified atom stereocenters. The molecule has 0 bridgehead atoms. The second-order valence-electron chi connectivity index (χ2n) is 5.08. The maximum Gasteiger partial charge on any atom is 0.110 e. The Morgan fingerprint density at radius 2 is 2.11 bits per heavy atom. The first kappa shape index (κ1) is 12.8. The van der Waals surface area contributed by atoms with Crippen molar-refractivity contribution in [2.45, 2.75) is 38.6 Å². The summed E-state index contributed by atoms with van der Waals surface area (Å²) < 4.78 is 0. The summed E-state index contributed by atoms with van der Waals surface area (Å²) in [5.74, 6) is 0. The molecule has 1 aliphatic carbocycles. The van der Waals surface area contributed by atoms with Crippen LogP contribution in [-0.2, 0) is 19.3 Å². The van der Waals surface area contributed by atoms with E-state index in [0.29, 0.717) is 6.04 Å². The van der Waals surface area contributed by atoms with Gasteiger partial charge in [-0.05, 0) is 37.8 Å². The van der Waals surface area contributed by atoms with Crippen molar-refractivity contribution < 1.29 is 0 Å². The Labute approximate surface area is 118 Å². The van der Waals surface area contributed by atoms with Gasteiger partial charge < -0.3 is 5.32 Å². The van der Waals surface area contributed by atoms with E-state index in [9.17, 15) is 0 Å². The van der Waals surface area contributed by atoms with Crippen LogP contribution in [0, 0.1) is 0 Å². The van der Waals surface area contributed by atoms with Crippen LogP contribution in [0.1, 0.15) is 40.5 Å². The fraction of sp³-hybridized carbons (Fsp3) is 0.438. The quantitative estimate of drug-likeness (QED) is 0.900. The van der Waals surface area contributed by atoms with E-state index in [-0.39, 0.29) is 0 Å². The highest BCUT2D eigenvalue weighted by molar-refractivity contribution is 7.11. The molecule has 0 saturated heterocycles. The molecule has 0 aliphatic heterocycles. The Hall–Kier alpha value is -1.19. The van der Waals surface area contributed by atoms with Crippen LogP contribution in [-0.4, -0.2) is 11.5 Å². The molecule has 1 heterocycles. The number of nitrogens with one attached hydrogen (secondary N) is 1. The number of benzene rings is 1. The molecule has 100 valence electrons. The van der Waals surface area contributed by atoms with E-state index < -0.39 is 0 Å². The number of hydrogen-bond acceptors (Lipinski definition) is 3. The maximum absolute atomic E-state index is 4.86. The van der Waals surface area contributed by atoms with E-state index in [1.54, 1.807) is 0 Å². The van der Waals surface area contributed by atoms with Gasteiger partial charge in [-0.15, -0.1) is 11.3 Å². The average molecular weight is 272 g/mol. The maximum atomic E-state index is 4.86. The lowest BCUT2D eigenvalue weighted by molar-refractivity contribution is 0.545. The van der Waals surface area contributed by atoms with Crippen molar-refractivity contribution in [3.63, 3.8) is 0 Å². The topological polar surface area (TPSA) is 24.9 Å². The standard InChI is InChI=1S/C16H20N2S/c1-2-17-14(11-12-7-4-3-5-8-12)16-18-13-9-6-10-15(13)19-16/h3-5,7-8,14,17H,2,6,9-11H2,1H3. The van der Waals surface area contributed by atoms with Crippen molar-refractivity contribution >= 4 is 11.3 Å². The summed E-state index contributed by atoms with van der Waals surface area (Å²) in [7, 11) is 0. The summed E-state index contributed by atoms with van der Waals surface area (Å²) in [5, 5.41) is 4.86. The summed E-state index contributed by atoms with van der Waals surface area (Å²) in [6.07, 6.45) is 4.73. The van der Waals surface area contributed by atoms with Crippen molar-refractivity contribution in [1.82, 2.24) is 10.3 Å². The molecule has 1 N–H and O–H groups in total. The zero-order chi connectivity index (χ0) is 13.1. The molecule has 3 rings (SSSR count). The Kier molecular flexibility index (Phi) is 3.95. The molecular formula is C16H20N2S. The van der Waals surface area contributed by atoms with E-state index in [0.717, 1.165) is 13.0 Å². The monoisotopic (exact) mass is 272 g/mol. The van der Waals surface area contributed by atoms with E-state index in [1.807, 2.05) is 11.3 Å². The molecule has 3 heteroatoms. The lowest BCUT2D eigenvalue weighted by atomic mass is 10.1. The van der Waals surface area contributed by atoms with Crippen LogP contribution in [0.4, 0.5) is 0 Å². The van der Waals surface area contributed by atoms with Gasteiger partial charge in [0.25, 0.3) is 0 Å². The summed E-state index contributed by atoms with van der Waals surface area (Å²) in [4.78, 5) is 6.38. The molecule has 0 fully saturated rings. The molecule has 1 aromatic heterocycles. The molecule has 2 aromatic rings. The predicted octanol–water partition coefficient (Wildman–Crippen LogP) is 3.53. The molecule has 0 amide bonds. The Balaban J connectivity index is 1.80. The SMILES string of the molecule is CCNC(Cc1ccccc1)c1nc2c(s1)CCC2. The average Bonchev–Trinajstić information content (AvgIpc) is 3.00. The van der Waals surface area contributed by atoms with Crippen molar-refractivity contribution in [1.29, 1.82) is 0 Å². The summed E-state index contributed by atoms with van der Waals surface area (Å²) >= 11 is 1.92. The minimum atomic E-state index is 0.364. The van der Waals surface area contributed by atoms with Gasteiger partial charge in [0.2, 0.25) is 0 Å². The number of hydrogen-bond donors (Lipinski definition) is 1. The number of nitrogens with zero attached hydrogens (tertiary/aromatic N) is 1. The number of aromatic nitrogens is 1. The Morgan fingerprint density at radius 3 is 2.84 bits per heavy atom. The summed E-state index contributed by atoms with van der Waals surface area (Å²) in [6.45, 7) is 3.15. The third-order valence-corrected chi connectivity index (χ3v) is 4.91. The van der Waals surface area contributed by atoms with E-state index >= 15 is 0 Å². The lowest BCUT2D eigenvalue weighted by Gasteiger charge is -2.15. The highest BCUT2D eigenvalue weighted by atomic mass is 32.1. The van der Waals surface area contributed by atoms with Crippen molar-refractivity contribution in [2.75, 3.05) is 6.54 Å². The highest BCUT2D eigenvalue weighted by Gasteiger charge is 2.21. The molecule has 0 radical (unpaired) electrons. The largest absolute Gasteiger partial charge is 0.308 e. The molecule has 0 spiro atoms. The fourth-order valence-electron chi connectivity index (χ4n) is 2.70. The summed E-state index contributed by atoms with van der Waals surface area (Å²) in [5.41, 5.74) is 2.74. The van der Waals surface area contributed by atoms with Gasteiger partial charge in [0.05, 0.1) is 11.7 Å². The van der Waals surface area contributed by atoms with Crippen LogP contribution in [0.2, 0.25) is 0 Å². The first-order valence-electron chi connectivity index (χ1n) is 7.12. The van der Waals surface area contributed by atoms with E-state index in [1.165, 1.54) is 40.4 Å². The van der Waals surface area contributed by atoms with Gasteiger partial charge in [-0.3, -0.25) is 0 Å². The molecule has 19 heavy (non-hydrogen) atoms. The molecule has 2 nitrogen and oxygen atoms in total. The van der Waals surface area contributed by atoms with Crippen LogP contribution < -0.4 is 5.32 Å². The van der Waals surface area contributed by atoms with Crippen LogP contribution in [0.3, 0.4) is 0 Å². The number of fused-ring (bicyclic) bond motifs is 1. The van der Waals surface area contributed by atoms with Crippen molar-refractivity contribution in [3.05, 3.63) is 51.5 Å². The second kappa shape index (κ2) is 5.85. The van der Waals surface area contributed by atoms with Gasteiger partial charge in [-0.25, -0.2) is 4.98 Å². The summed E-state index contributed by atoms with van der Waals surface area (Å²) in [6, 6.07) is 11.1. The van der Waals surface area contributed by atoms with Crippen LogP contribution in [0.15, 0.2) is 30.3 Å². The normalized spacial score (nSPS) is 15.4. The number of thiazole rings is 1. The predicted molar refractivity (Wildman–Crippen MR) is 80.7 cm³/mol. The van der Waals surface area contributed by atoms with Gasteiger partial charge in [0, 0.05) is 4.88 Å². The second-order valence-corrected chi connectivity index (χ2v) is 6.19. The van der Waals surface area contributed by atoms with E-state index in [4.69, 9.17) is 4.98 Å². The highest BCUT2D eigenvalue weighted by Crippen LogP contribution is 2.31. The van der Waals surface area contributed by atoms with E-state index in [2.05, 4.69) is 42.6 Å². The molecular weight excluding hydrogens is 252 g/mol. The third kappa shape index (κ3) is 2.88. The minimum Gasteiger partial charge on any atom is -0.308 e. The number of aryl methyl sites for hydroxylation is 2. The van der Waals surface area contributed by atoms with Crippen LogP contribution >= 0.6 is 11.3 Å². The third-order valence-electron chi connectivity index (χ3n) is 3.64. The van der Waals surface area contributed by atoms with Crippen LogP contribution in [0.5, 0.6) is 0 Å². The first-order valence-corrected chi connectivity index (χ1v) is 7.94. The van der Waals surface area contributed by atoms with Crippen molar-refractivity contribution in [2.24, 2.45) is 0 Å². The Morgan fingerprint density at radius 1 is 1.26 bits per heavy atom. The van der Waals surface area contributed by atoms with Gasteiger partial charge >= 0.3 is 0 Å². The molecule has 1 atom stereocenters. The molecule has 0 saturated carbocycles. The van der Waals surface area contributed by atoms with Gasteiger partial charge in [-0.2, -0.15) is 0 Å². The van der Waals surface area contributed by atoms with Gasteiger partial charge in [0.1, 0.15) is 5.01 Å².